The van der Waals surface area contributed by atoms with Gasteiger partial charge in [-0.3, -0.25) is 4.21 Å². The van der Waals surface area contributed by atoms with Crippen LogP contribution in [-0.2, 0) is 21.3 Å². The van der Waals surface area contributed by atoms with Crippen molar-refractivity contribution in [2.75, 3.05) is 12.3 Å². The average Bonchev–Trinajstić information content (AvgIpc) is 2.96. The second kappa shape index (κ2) is 7.27. The van der Waals surface area contributed by atoms with Gasteiger partial charge < -0.3 is 9.64 Å². The maximum atomic E-state index is 12.3. The first-order valence-electron chi connectivity index (χ1n) is 7.19. The number of carbonyl (C=O) groups excluding carboxylic acids is 1. The van der Waals surface area contributed by atoms with Gasteiger partial charge in [0, 0.05) is 40.2 Å². The quantitative estimate of drug-likeness (QED) is 0.821. The molecule has 0 N–H and O–H groups in total. The second-order valence-electron chi connectivity index (χ2n) is 6.30. The monoisotopic (exact) mass is 364 g/mol. The molecule has 2 atom stereocenters. The number of thiazole rings is 1. The highest BCUT2D eigenvalue weighted by atomic mass is 35.5. The molecule has 124 valence electrons. The summed E-state index contributed by atoms with van der Waals surface area (Å²) in [4.78, 5) is 18.8. The van der Waals surface area contributed by atoms with Crippen LogP contribution in [0.15, 0.2) is 6.20 Å². The van der Waals surface area contributed by atoms with E-state index in [1.54, 1.807) is 11.1 Å². The van der Waals surface area contributed by atoms with E-state index in [1.165, 1.54) is 11.3 Å². The lowest BCUT2D eigenvalue weighted by Crippen LogP contribution is -2.42. The van der Waals surface area contributed by atoms with Crippen LogP contribution in [0.3, 0.4) is 0 Å². The minimum atomic E-state index is -1.05. The van der Waals surface area contributed by atoms with Gasteiger partial charge in [-0.1, -0.05) is 11.6 Å². The van der Waals surface area contributed by atoms with Crippen molar-refractivity contribution in [1.82, 2.24) is 9.88 Å². The van der Waals surface area contributed by atoms with Crippen molar-refractivity contribution in [3.63, 3.8) is 0 Å². The summed E-state index contributed by atoms with van der Waals surface area (Å²) < 4.78 is 18.2. The number of carbonyl (C=O) groups is 1. The zero-order valence-electron chi connectivity index (χ0n) is 13.0. The van der Waals surface area contributed by atoms with Crippen LogP contribution in [0.25, 0.3) is 0 Å². The molecule has 2 heterocycles. The molecule has 22 heavy (non-hydrogen) atoms. The van der Waals surface area contributed by atoms with Crippen LogP contribution in [0, 0.1) is 0 Å². The lowest BCUT2D eigenvalue weighted by atomic mass is 10.2. The van der Waals surface area contributed by atoms with Gasteiger partial charge in [-0.25, -0.2) is 9.78 Å². The van der Waals surface area contributed by atoms with Gasteiger partial charge >= 0.3 is 6.09 Å². The van der Waals surface area contributed by atoms with Crippen LogP contribution in [0.2, 0.25) is 4.47 Å². The van der Waals surface area contributed by atoms with Crippen LogP contribution < -0.4 is 0 Å². The van der Waals surface area contributed by atoms with E-state index in [0.717, 1.165) is 17.7 Å². The largest absolute Gasteiger partial charge is 0.444 e. The number of hydrogen-bond acceptors (Lipinski definition) is 5. The molecular weight excluding hydrogens is 344 g/mol. The summed E-state index contributed by atoms with van der Waals surface area (Å²) in [5.74, 6) is 0.901. The maximum Gasteiger partial charge on any atom is 0.410 e. The number of likely N-dealkylation sites (tertiary alicyclic amines) is 1. The molecule has 2 unspecified atom stereocenters. The van der Waals surface area contributed by atoms with Gasteiger partial charge in [-0.15, -0.1) is 11.3 Å². The van der Waals surface area contributed by atoms with Gasteiger partial charge in [0.2, 0.25) is 0 Å². The molecule has 1 amide bonds. The third kappa shape index (κ3) is 5.21. The fraction of sp³-hybridized carbons (Fsp3) is 0.714. The molecule has 5 nitrogen and oxygen atoms in total. The highest BCUT2D eigenvalue weighted by molar-refractivity contribution is 7.84. The third-order valence-electron chi connectivity index (χ3n) is 3.21. The van der Waals surface area contributed by atoms with Gasteiger partial charge in [0.25, 0.3) is 0 Å². The Hall–Kier alpha value is -0.660. The molecular formula is C14H21ClN2O3S2. The molecule has 0 aliphatic carbocycles. The van der Waals surface area contributed by atoms with E-state index in [9.17, 15) is 9.00 Å². The Balaban J connectivity index is 1.90. The Morgan fingerprint density at radius 3 is 2.91 bits per heavy atom. The van der Waals surface area contributed by atoms with Crippen LogP contribution in [-0.4, -0.2) is 44.1 Å². The predicted molar refractivity (Wildman–Crippen MR) is 89.8 cm³/mol. The number of ether oxygens (including phenoxy) is 1. The van der Waals surface area contributed by atoms with Crippen molar-refractivity contribution in [2.45, 2.75) is 51.0 Å². The molecule has 1 aliphatic heterocycles. The standard InChI is InChI=1S/C14H21ClN2O3S2/c1-14(2,3)20-13(18)17-6-4-5-10(17)8-22(19)9-11-7-16-12(15)21-11/h7,10H,4-6,8-9H2,1-3H3. The molecule has 1 saturated heterocycles. The molecule has 0 aromatic carbocycles. The number of halogens is 1. The molecule has 0 bridgehead atoms. The van der Waals surface area contributed by atoms with Crippen molar-refractivity contribution in [1.29, 1.82) is 0 Å². The summed E-state index contributed by atoms with van der Waals surface area (Å²) in [6, 6.07) is -0.0147. The van der Waals surface area contributed by atoms with E-state index in [-0.39, 0.29) is 12.1 Å². The van der Waals surface area contributed by atoms with Gasteiger partial charge in [0.05, 0.1) is 5.75 Å². The lowest BCUT2D eigenvalue weighted by molar-refractivity contribution is 0.0241. The molecule has 0 radical (unpaired) electrons. The molecule has 8 heteroatoms. The number of amides is 1. The lowest BCUT2D eigenvalue weighted by Gasteiger charge is -2.28. The van der Waals surface area contributed by atoms with E-state index in [4.69, 9.17) is 16.3 Å². The smallest absolute Gasteiger partial charge is 0.410 e. The van der Waals surface area contributed by atoms with Gasteiger partial charge in [-0.05, 0) is 33.6 Å². The number of nitrogens with zero attached hydrogens (tertiary/aromatic N) is 2. The van der Waals surface area contributed by atoms with Crippen molar-refractivity contribution < 1.29 is 13.7 Å². The summed E-state index contributed by atoms with van der Waals surface area (Å²) >= 11 is 7.12. The minimum Gasteiger partial charge on any atom is -0.444 e. The van der Waals surface area contributed by atoms with E-state index < -0.39 is 16.4 Å². The molecule has 1 aromatic rings. The predicted octanol–water partition coefficient (Wildman–Crippen LogP) is 3.44. The SMILES string of the molecule is CC(C)(C)OC(=O)N1CCCC1CS(=O)Cc1cnc(Cl)s1. The van der Waals surface area contributed by atoms with Crippen molar-refractivity contribution in [3.8, 4) is 0 Å². The van der Waals surface area contributed by atoms with E-state index >= 15 is 0 Å². The van der Waals surface area contributed by atoms with Crippen molar-refractivity contribution >= 4 is 39.8 Å². The molecule has 1 aliphatic rings. The Labute approximate surface area is 142 Å². The highest BCUT2D eigenvalue weighted by Crippen LogP contribution is 2.23. The highest BCUT2D eigenvalue weighted by Gasteiger charge is 2.33. The topological polar surface area (TPSA) is 59.5 Å². The van der Waals surface area contributed by atoms with Crippen LogP contribution >= 0.6 is 22.9 Å². The third-order valence-corrected chi connectivity index (χ3v) is 5.90. The van der Waals surface area contributed by atoms with Crippen LogP contribution in [0.5, 0.6) is 0 Å². The maximum absolute atomic E-state index is 12.3. The number of rotatable bonds is 4. The summed E-state index contributed by atoms with van der Waals surface area (Å²) in [5, 5.41) is 0. The number of hydrogen-bond donors (Lipinski definition) is 0. The van der Waals surface area contributed by atoms with E-state index in [1.807, 2.05) is 20.8 Å². The summed E-state index contributed by atoms with van der Waals surface area (Å²) in [6.45, 7) is 6.22. The summed E-state index contributed by atoms with van der Waals surface area (Å²) in [6.07, 6.45) is 3.14. The van der Waals surface area contributed by atoms with Gasteiger partial charge in [-0.2, -0.15) is 0 Å². The van der Waals surface area contributed by atoms with Crippen molar-refractivity contribution in [2.24, 2.45) is 0 Å². The molecule has 1 aromatic heterocycles. The zero-order chi connectivity index (χ0) is 16.3. The summed E-state index contributed by atoms with van der Waals surface area (Å²) in [7, 11) is -1.05. The van der Waals surface area contributed by atoms with Crippen molar-refractivity contribution in [3.05, 3.63) is 15.5 Å². The van der Waals surface area contributed by atoms with E-state index in [0.29, 0.717) is 22.5 Å². The fourth-order valence-electron chi connectivity index (χ4n) is 2.35. The van der Waals surface area contributed by atoms with E-state index in [2.05, 4.69) is 4.98 Å². The molecule has 2 rings (SSSR count). The first-order chi connectivity index (χ1) is 10.2. The Morgan fingerprint density at radius 2 is 2.32 bits per heavy atom. The van der Waals surface area contributed by atoms with Gasteiger partial charge in [0.1, 0.15) is 5.60 Å². The first kappa shape index (κ1) is 17.7. The first-order valence-corrected chi connectivity index (χ1v) is 9.87. The Morgan fingerprint density at radius 1 is 1.59 bits per heavy atom. The normalized spacial score (nSPS) is 20.2. The Kier molecular flexibility index (Phi) is 5.85. The second-order valence-corrected chi connectivity index (χ2v) is 9.50. The fourth-order valence-corrected chi connectivity index (χ4v) is 5.04. The van der Waals surface area contributed by atoms with Crippen LogP contribution in [0.1, 0.15) is 38.5 Å². The molecule has 1 fully saturated rings. The Bertz CT molecular complexity index is 557. The number of aromatic nitrogens is 1. The zero-order valence-corrected chi connectivity index (χ0v) is 15.4. The molecule has 0 spiro atoms. The van der Waals surface area contributed by atoms with Gasteiger partial charge in [0.15, 0.2) is 4.47 Å². The average molecular weight is 365 g/mol. The summed E-state index contributed by atoms with van der Waals surface area (Å²) in [5.41, 5.74) is -0.511. The van der Waals surface area contributed by atoms with Crippen LogP contribution in [0.4, 0.5) is 4.79 Å². The minimum absolute atomic E-state index is 0.0147. The molecule has 0 saturated carbocycles.